The molecule has 8 heteroatoms. The SMILES string of the molecule is C[C@H](OC(=O)c1ccc(NC(=O)CC#N)cc1)C(=O)NC1(C#N)CCCCC1. The number of esters is 1. The molecular formula is C20H22N4O4. The molecular weight excluding hydrogens is 360 g/mol. The van der Waals surface area contributed by atoms with Crippen LogP contribution >= 0.6 is 0 Å². The number of nitriles is 2. The monoisotopic (exact) mass is 382 g/mol. The second-order valence-electron chi connectivity index (χ2n) is 6.75. The van der Waals surface area contributed by atoms with Crippen LogP contribution in [-0.2, 0) is 14.3 Å². The molecule has 1 aliphatic rings. The third-order valence-electron chi connectivity index (χ3n) is 4.58. The number of carbonyl (C=O) groups excluding carboxylic acids is 3. The van der Waals surface area contributed by atoms with Crippen LogP contribution in [0.5, 0.6) is 0 Å². The Morgan fingerprint density at radius 3 is 2.36 bits per heavy atom. The summed E-state index contributed by atoms with van der Waals surface area (Å²) in [5.74, 6) is -1.64. The molecule has 146 valence electrons. The molecule has 0 aliphatic heterocycles. The standard InChI is InChI=1S/C20H22N4O4/c1-14(18(26)24-20(13-22)10-3-2-4-11-20)28-19(27)15-5-7-16(8-6-15)23-17(25)9-12-21/h5-8,14H,2-4,9-11H2,1H3,(H,23,25)(H,24,26)/t14-/m0/s1. The van der Waals surface area contributed by atoms with Crippen molar-refractivity contribution in [3.63, 3.8) is 0 Å². The molecule has 2 rings (SSSR count). The Morgan fingerprint density at radius 2 is 1.79 bits per heavy atom. The van der Waals surface area contributed by atoms with Crippen LogP contribution in [0.25, 0.3) is 0 Å². The highest BCUT2D eigenvalue weighted by molar-refractivity contribution is 5.94. The van der Waals surface area contributed by atoms with E-state index in [2.05, 4.69) is 16.7 Å². The molecule has 1 atom stereocenters. The number of rotatable bonds is 6. The van der Waals surface area contributed by atoms with Crippen molar-refractivity contribution in [3.05, 3.63) is 29.8 Å². The second kappa shape index (κ2) is 9.52. The lowest BCUT2D eigenvalue weighted by molar-refractivity contribution is -0.130. The van der Waals surface area contributed by atoms with E-state index >= 15 is 0 Å². The summed E-state index contributed by atoms with van der Waals surface area (Å²) < 4.78 is 5.20. The summed E-state index contributed by atoms with van der Waals surface area (Å²) >= 11 is 0. The third kappa shape index (κ3) is 5.55. The van der Waals surface area contributed by atoms with Gasteiger partial charge >= 0.3 is 5.97 Å². The number of hydrogen-bond acceptors (Lipinski definition) is 6. The normalized spacial score (nSPS) is 16.0. The first-order valence-corrected chi connectivity index (χ1v) is 9.10. The number of ether oxygens (including phenoxy) is 1. The summed E-state index contributed by atoms with van der Waals surface area (Å²) in [5, 5.41) is 23.2. The molecule has 1 saturated carbocycles. The smallest absolute Gasteiger partial charge is 0.338 e. The van der Waals surface area contributed by atoms with Crippen molar-refractivity contribution in [2.45, 2.75) is 57.1 Å². The van der Waals surface area contributed by atoms with Gasteiger partial charge in [0.25, 0.3) is 5.91 Å². The van der Waals surface area contributed by atoms with Gasteiger partial charge in [0.2, 0.25) is 5.91 Å². The van der Waals surface area contributed by atoms with Crippen LogP contribution in [-0.4, -0.2) is 29.4 Å². The summed E-state index contributed by atoms with van der Waals surface area (Å²) in [7, 11) is 0. The lowest BCUT2D eigenvalue weighted by atomic mass is 9.83. The fourth-order valence-electron chi connectivity index (χ4n) is 3.01. The van der Waals surface area contributed by atoms with E-state index in [1.807, 2.05) is 0 Å². The van der Waals surface area contributed by atoms with Crippen LogP contribution in [0.2, 0.25) is 0 Å². The maximum absolute atomic E-state index is 12.4. The van der Waals surface area contributed by atoms with Crippen LogP contribution in [0.15, 0.2) is 24.3 Å². The molecule has 0 bridgehead atoms. The fourth-order valence-corrected chi connectivity index (χ4v) is 3.01. The zero-order valence-electron chi connectivity index (χ0n) is 15.7. The summed E-state index contributed by atoms with van der Waals surface area (Å²) in [6, 6.07) is 9.84. The van der Waals surface area contributed by atoms with Crippen LogP contribution in [0.4, 0.5) is 5.69 Å². The Hall–Kier alpha value is -3.39. The predicted octanol–water partition coefficient (Wildman–Crippen LogP) is 2.43. The first-order valence-electron chi connectivity index (χ1n) is 9.10. The Bertz CT molecular complexity index is 814. The van der Waals surface area contributed by atoms with Gasteiger partial charge in [-0.2, -0.15) is 10.5 Å². The molecule has 28 heavy (non-hydrogen) atoms. The molecule has 0 radical (unpaired) electrons. The van der Waals surface area contributed by atoms with E-state index in [1.54, 1.807) is 6.07 Å². The highest BCUT2D eigenvalue weighted by Crippen LogP contribution is 2.27. The Labute approximate surface area is 163 Å². The highest BCUT2D eigenvalue weighted by Gasteiger charge is 2.35. The molecule has 0 unspecified atom stereocenters. The lowest BCUT2D eigenvalue weighted by Gasteiger charge is -2.32. The maximum atomic E-state index is 12.4. The Morgan fingerprint density at radius 1 is 1.14 bits per heavy atom. The molecule has 2 amide bonds. The van der Waals surface area contributed by atoms with Gasteiger partial charge in [-0.1, -0.05) is 19.3 Å². The van der Waals surface area contributed by atoms with E-state index in [0.29, 0.717) is 18.5 Å². The van der Waals surface area contributed by atoms with E-state index in [1.165, 1.54) is 31.2 Å². The summed E-state index contributed by atoms with van der Waals surface area (Å²) in [6.07, 6.45) is 2.66. The van der Waals surface area contributed by atoms with E-state index in [4.69, 9.17) is 10.00 Å². The van der Waals surface area contributed by atoms with E-state index < -0.39 is 29.4 Å². The van der Waals surface area contributed by atoms with Crippen molar-refractivity contribution in [3.8, 4) is 12.1 Å². The second-order valence-corrected chi connectivity index (χ2v) is 6.75. The van der Waals surface area contributed by atoms with Crippen molar-refractivity contribution < 1.29 is 19.1 Å². The molecule has 1 aromatic carbocycles. The van der Waals surface area contributed by atoms with Gasteiger partial charge in [0, 0.05) is 5.69 Å². The van der Waals surface area contributed by atoms with Crippen LogP contribution in [0.3, 0.4) is 0 Å². The minimum absolute atomic E-state index is 0.214. The van der Waals surface area contributed by atoms with Crippen molar-refractivity contribution in [1.82, 2.24) is 5.32 Å². The number of amides is 2. The van der Waals surface area contributed by atoms with E-state index in [-0.39, 0.29) is 12.0 Å². The van der Waals surface area contributed by atoms with Gasteiger partial charge < -0.3 is 15.4 Å². The van der Waals surface area contributed by atoms with Gasteiger partial charge in [-0.05, 0) is 44.0 Å². The van der Waals surface area contributed by atoms with Gasteiger partial charge in [-0.3, -0.25) is 9.59 Å². The number of carbonyl (C=O) groups is 3. The molecule has 0 spiro atoms. The lowest BCUT2D eigenvalue weighted by Crippen LogP contribution is -2.52. The zero-order valence-corrected chi connectivity index (χ0v) is 15.7. The average molecular weight is 382 g/mol. The number of hydrogen-bond donors (Lipinski definition) is 2. The van der Waals surface area contributed by atoms with Gasteiger partial charge in [-0.25, -0.2) is 4.79 Å². The van der Waals surface area contributed by atoms with E-state index in [0.717, 1.165) is 19.3 Å². The summed E-state index contributed by atoms with van der Waals surface area (Å²) in [6.45, 7) is 1.46. The molecule has 0 saturated heterocycles. The van der Waals surface area contributed by atoms with Crippen LogP contribution in [0.1, 0.15) is 55.8 Å². The number of benzene rings is 1. The predicted molar refractivity (Wildman–Crippen MR) is 99.8 cm³/mol. The van der Waals surface area contributed by atoms with Gasteiger partial charge in [-0.15, -0.1) is 0 Å². The number of nitrogens with zero attached hydrogens (tertiary/aromatic N) is 2. The average Bonchev–Trinajstić information content (AvgIpc) is 2.69. The van der Waals surface area contributed by atoms with Crippen LogP contribution < -0.4 is 10.6 Å². The summed E-state index contributed by atoms with van der Waals surface area (Å²) in [4.78, 5) is 36.0. The van der Waals surface area contributed by atoms with Gasteiger partial charge in [0.1, 0.15) is 12.0 Å². The minimum Gasteiger partial charge on any atom is -0.449 e. The third-order valence-corrected chi connectivity index (χ3v) is 4.58. The fraction of sp³-hybridized carbons (Fsp3) is 0.450. The van der Waals surface area contributed by atoms with Gasteiger partial charge in [0.15, 0.2) is 6.10 Å². The topological polar surface area (TPSA) is 132 Å². The molecule has 1 aliphatic carbocycles. The van der Waals surface area contributed by atoms with Crippen molar-refractivity contribution in [2.24, 2.45) is 0 Å². The molecule has 1 fully saturated rings. The largest absolute Gasteiger partial charge is 0.449 e. The molecule has 0 heterocycles. The maximum Gasteiger partial charge on any atom is 0.338 e. The van der Waals surface area contributed by atoms with Crippen LogP contribution in [0, 0.1) is 22.7 Å². The first-order chi connectivity index (χ1) is 13.4. The zero-order chi connectivity index (χ0) is 20.6. The quantitative estimate of drug-likeness (QED) is 0.726. The first kappa shape index (κ1) is 20.9. The molecule has 2 N–H and O–H groups in total. The number of anilines is 1. The summed E-state index contributed by atoms with van der Waals surface area (Å²) in [5.41, 5.74) is -0.235. The minimum atomic E-state index is -1.05. The van der Waals surface area contributed by atoms with Crippen molar-refractivity contribution >= 4 is 23.5 Å². The van der Waals surface area contributed by atoms with E-state index in [9.17, 15) is 19.6 Å². The van der Waals surface area contributed by atoms with Gasteiger partial charge in [0.05, 0.1) is 17.7 Å². The van der Waals surface area contributed by atoms with Crippen molar-refractivity contribution in [2.75, 3.05) is 5.32 Å². The molecule has 1 aromatic rings. The highest BCUT2D eigenvalue weighted by atomic mass is 16.5. The molecule has 0 aromatic heterocycles. The Kier molecular flexibility index (Phi) is 7.11. The number of nitrogens with one attached hydrogen (secondary N) is 2. The molecule has 8 nitrogen and oxygen atoms in total. The van der Waals surface area contributed by atoms with Crippen molar-refractivity contribution in [1.29, 1.82) is 10.5 Å². The Balaban J connectivity index is 1.92.